The van der Waals surface area contributed by atoms with E-state index in [0.717, 1.165) is 0 Å². The van der Waals surface area contributed by atoms with Crippen molar-refractivity contribution >= 4 is 28.2 Å². The molecule has 0 saturated carbocycles. The summed E-state index contributed by atoms with van der Waals surface area (Å²) < 4.78 is 17.7. The van der Waals surface area contributed by atoms with Gasteiger partial charge < -0.3 is 4.74 Å². The minimum Gasteiger partial charge on any atom is -0.492 e. The van der Waals surface area contributed by atoms with Gasteiger partial charge in [0.1, 0.15) is 12.4 Å². The molecule has 0 aliphatic carbocycles. The Morgan fingerprint density at radius 3 is 2.67 bits per heavy atom. The van der Waals surface area contributed by atoms with E-state index in [0.29, 0.717) is 27.0 Å². The van der Waals surface area contributed by atoms with Crippen molar-refractivity contribution < 1.29 is 13.7 Å². The molecule has 21 heavy (non-hydrogen) atoms. The zero-order chi connectivity index (χ0) is 15.2. The molecule has 0 heterocycles. The van der Waals surface area contributed by atoms with Gasteiger partial charge in [-0.3, -0.25) is 9.00 Å². The molecular formula is C16H15ClO3S. The number of Topliss-reactive ketones (excluding diaryl/α,β-unsaturated/α-hetero) is 1. The first-order valence-electron chi connectivity index (χ1n) is 6.44. The highest BCUT2D eigenvalue weighted by Crippen LogP contribution is 2.19. The molecule has 0 fully saturated rings. The average molecular weight is 323 g/mol. The van der Waals surface area contributed by atoms with Crippen molar-refractivity contribution in [2.45, 2.75) is 11.8 Å². The van der Waals surface area contributed by atoms with E-state index in [2.05, 4.69) is 0 Å². The summed E-state index contributed by atoms with van der Waals surface area (Å²) >= 11 is 5.87. The smallest absolute Gasteiger partial charge is 0.163 e. The molecule has 2 rings (SSSR count). The van der Waals surface area contributed by atoms with Gasteiger partial charge in [-0.05, 0) is 37.3 Å². The van der Waals surface area contributed by atoms with Gasteiger partial charge in [0.15, 0.2) is 5.78 Å². The zero-order valence-corrected chi connectivity index (χ0v) is 13.1. The minimum atomic E-state index is -1.18. The molecule has 2 aromatic rings. The highest BCUT2D eigenvalue weighted by molar-refractivity contribution is 7.85. The van der Waals surface area contributed by atoms with Gasteiger partial charge in [-0.15, -0.1) is 0 Å². The van der Waals surface area contributed by atoms with E-state index in [1.54, 1.807) is 48.5 Å². The first kappa shape index (κ1) is 15.7. The van der Waals surface area contributed by atoms with Gasteiger partial charge in [0, 0.05) is 9.92 Å². The molecule has 0 aromatic heterocycles. The van der Waals surface area contributed by atoms with Gasteiger partial charge in [-0.1, -0.05) is 29.8 Å². The summed E-state index contributed by atoms with van der Waals surface area (Å²) in [5.41, 5.74) is 0.533. The Kier molecular flexibility index (Phi) is 5.53. The molecule has 2 aromatic carbocycles. The normalized spacial score (nSPS) is 11.9. The van der Waals surface area contributed by atoms with E-state index in [-0.39, 0.29) is 12.4 Å². The number of carbonyl (C=O) groups excluding carboxylic acids is 1. The molecule has 110 valence electrons. The van der Waals surface area contributed by atoms with Crippen LogP contribution in [-0.4, -0.2) is 22.4 Å². The van der Waals surface area contributed by atoms with Gasteiger partial charge in [0.05, 0.1) is 22.1 Å². The highest BCUT2D eigenvalue weighted by atomic mass is 35.5. The van der Waals surface area contributed by atoms with Crippen molar-refractivity contribution in [3.63, 3.8) is 0 Å². The Morgan fingerprint density at radius 2 is 1.95 bits per heavy atom. The average Bonchev–Trinajstić information content (AvgIpc) is 2.47. The molecule has 0 radical (unpaired) electrons. The number of hydrogen-bond donors (Lipinski definition) is 0. The third-order valence-corrected chi connectivity index (χ3v) is 4.40. The van der Waals surface area contributed by atoms with Crippen LogP contribution in [0.5, 0.6) is 5.75 Å². The van der Waals surface area contributed by atoms with Crippen molar-refractivity contribution in [3.8, 4) is 5.75 Å². The maximum Gasteiger partial charge on any atom is 0.163 e. The van der Waals surface area contributed by atoms with Gasteiger partial charge in [-0.2, -0.15) is 0 Å². The summed E-state index contributed by atoms with van der Waals surface area (Å²) in [7, 11) is -1.18. The summed E-state index contributed by atoms with van der Waals surface area (Å²) in [6.45, 7) is 1.76. The number of ketones is 1. The van der Waals surface area contributed by atoms with Crippen LogP contribution in [0.3, 0.4) is 0 Å². The van der Waals surface area contributed by atoms with Crippen LogP contribution in [0.15, 0.2) is 53.4 Å². The SMILES string of the molecule is CC(=O)c1ccccc1OCCS(=O)c1cccc(Cl)c1. The number of carbonyl (C=O) groups is 1. The van der Waals surface area contributed by atoms with E-state index in [4.69, 9.17) is 16.3 Å². The second kappa shape index (κ2) is 7.38. The Bertz CT molecular complexity index is 670. The number of para-hydroxylation sites is 1. The fourth-order valence-corrected chi connectivity index (χ4v) is 3.05. The van der Waals surface area contributed by atoms with Crippen LogP contribution in [0.4, 0.5) is 0 Å². The third-order valence-electron chi connectivity index (χ3n) is 2.85. The standard InChI is InChI=1S/C16H15ClO3S/c1-12(18)15-7-2-3-8-16(15)20-9-10-21(19)14-6-4-5-13(17)11-14/h2-8,11H,9-10H2,1H3. The Morgan fingerprint density at radius 1 is 1.19 bits per heavy atom. The first-order chi connectivity index (χ1) is 10.1. The fourth-order valence-electron chi connectivity index (χ4n) is 1.84. The molecule has 0 bridgehead atoms. The Labute approximate surface area is 131 Å². The molecule has 0 N–H and O–H groups in total. The van der Waals surface area contributed by atoms with Crippen LogP contribution in [0.25, 0.3) is 0 Å². The molecule has 1 atom stereocenters. The molecule has 0 amide bonds. The quantitative estimate of drug-likeness (QED) is 0.761. The lowest BCUT2D eigenvalue weighted by atomic mass is 10.1. The molecule has 0 aliphatic rings. The predicted molar refractivity (Wildman–Crippen MR) is 84.7 cm³/mol. The molecule has 5 heteroatoms. The predicted octanol–water partition coefficient (Wildman–Crippen LogP) is 3.73. The maximum absolute atomic E-state index is 12.1. The largest absolute Gasteiger partial charge is 0.492 e. The number of rotatable bonds is 6. The lowest BCUT2D eigenvalue weighted by molar-refractivity contribution is 0.101. The number of benzene rings is 2. The molecule has 3 nitrogen and oxygen atoms in total. The van der Waals surface area contributed by atoms with E-state index < -0.39 is 10.8 Å². The number of hydrogen-bond acceptors (Lipinski definition) is 3. The van der Waals surface area contributed by atoms with E-state index in [1.165, 1.54) is 6.92 Å². The zero-order valence-electron chi connectivity index (χ0n) is 11.5. The lowest BCUT2D eigenvalue weighted by Crippen LogP contribution is -2.10. The van der Waals surface area contributed by atoms with Gasteiger partial charge in [0.25, 0.3) is 0 Å². The Hall–Kier alpha value is -1.65. The van der Waals surface area contributed by atoms with Crippen molar-refractivity contribution in [2.24, 2.45) is 0 Å². The maximum atomic E-state index is 12.1. The summed E-state index contributed by atoms with van der Waals surface area (Å²) in [6, 6.07) is 14.0. The van der Waals surface area contributed by atoms with Gasteiger partial charge in [0.2, 0.25) is 0 Å². The van der Waals surface area contributed by atoms with Crippen LogP contribution < -0.4 is 4.74 Å². The summed E-state index contributed by atoms with van der Waals surface area (Å²) in [4.78, 5) is 12.1. The third kappa shape index (κ3) is 4.41. The topological polar surface area (TPSA) is 43.4 Å². The minimum absolute atomic E-state index is 0.0541. The van der Waals surface area contributed by atoms with Crippen LogP contribution in [-0.2, 0) is 10.8 Å². The van der Waals surface area contributed by atoms with Crippen molar-refractivity contribution in [3.05, 3.63) is 59.1 Å². The second-order valence-electron chi connectivity index (χ2n) is 4.41. The molecular weight excluding hydrogens is 308 g/mol. The van der Waals surface area contributed by atoms with Crippen molar-refractivity contribution in [2.75, 3.05) is 12.4 Å². The highest BCUT2D eigenvalue weighted by Gasteiger charge is 2.09. The van der Waals surface area contributed by atoms with Crippen LogP contribution >= 0.6 is 11.6 Å². The van der Waals surface area contributed by atoms with E-state index in [1.807, 2.05) is 0 Å². The fraction of sp³-hybridized carbons (Fsp3) is 0.188. The van der Waals surface area contributed by atoms with Crippen LogP contribution in [0.1, 0.15) is 17.3 Å². The summed E-state index contributed by atoms with van der Waals surface area (Å²) in [5, 5.41) is 0.559. The monoisotopic (exact) mass is 322 g/mol. The van der Waals surface area contributed by atoms with Crippen LogP contribution in [0.2, 0.25) is 5.02 Å². The van der Waals surface area contributed by atoms with Crippen molar-refractivity contribution in [1.82, 2.24) is 0 Å². The number of ether oxygens (including phenoxy) is 1. The first-order valence-corrected chi connectivity index (χ1v) is 8.14. The van der Waals surface area contributed by atoms with E-state index in [9.17, 15) is 9.00 Å². The van der Waals surface area contributed by atoms with Crippen molar-refractivity contribution in [1.29, 1.82) is 0 Å². The summed E-state index contributed by atoms with van der Waals surface area (Å²) in [5.74, 6) is 0.807. The molecule has 0 saturated heterocycles. The molecule has 0 aliphatic heterocycles. The van der Waals surface area contributed by atoms with Crippen LogP contribution in [0, 0.1) is 0 Å². The lowest BCUT2D eigenvalue weighted by Gasteiger charge is -2.09. The van der Waals surface area contributed by atoms with E-state index >= 15 is 0 Å². The second-order valence-corrected chi connectivity index (χ2v) is 6.41. The van der Waals surface area contributed by atoms with Gasteiger partial charge in [-0.25, -0.2) is 0 Å². The molecule has 0 spiro atoms. The Balaban J connectivity index is 1.96. The van der Waals surface area contributed by atoms with Gasteiger partial charge >= 0.3 is 0 Å². The number of halogens is 1. The summed E-state index contributed by atoms with van der Waals surface area (Å²) in [6.07, 6.45) is 0. The molecule has 1 unspecified atom stereocenters.